The van der Waals surface area contributed by atoms with Gasteiger partial charge in [-0.15, -0.1) is 11.3 Å². The Morgan fingerprint density at radius 1 is 1.06 bits per heavy atom. The fraction of sp³-hybridized carbons (Fsp3) is 0.280. The highest BCUT2D eigenvalue weighted by Crippen LogP contribution is 2.43. The summed E-state index contributed by atoms with van der Waals surface area (Å²) in [6.07, 6.45) is -0.378. The molecule has 36 heavy (non-hydrogen) atoms. The lowest BCUT2D eigenvalue weighted by molar-refractivity contribution is -0.384. The second kappa shape index (κ2) is 11.7. The van der Waals surface area contributed by atoms with Gasteiger partial charge in [-0.3, -0.25) is 15.0 Å². The Bertz CT molecular complexity index is 1260. The number of halogens is 2. The van der Waals surface area contributed by atoms with E-state index in [-0.39, 0.29) is 35.0 Å². The third-order valence-corrected chi connectivity index (χ3v) is 6.59. The van der Waals surface area contributed by atoms with Gasteiger partial charge < -0.3 is 9.47 Å². The van der Waals surface area contributed by atoms with E-state index >= 15 is 0 Å². The molecule has 3 rings (SSSR count). The molecule has 3 aromatic rings. The predicted octanol–water partition coefficient (Wildman–Crippen LogP) is 6.64. The van der Waals surface area contributed by atoms with Crippen molar-refractivity contribution in [1.82, 2.24) is 0 Å². The molecule has 0 aliphatic heterocycles. The van der Waals surface area contributed by atoms with Crippen molar-refractivity contribution in [1.29, 1.82) is 0 Å². The minimum Gasteiger partial charge on any atom is -0.462 e. The molecule has 0 atom stereocenters. The second-order valence-electron chi connectivity index (χ2n) is 7.66. The Balaban J connectivity index is 2.19. The molecule has 8 nitrogen and oxygen atoms in total. The molecule has 0 spiro atoms. The van der Waals surface area contributed by atoms with Gasteiger partial charge in [0.1, 0.15) is 16.6 Å². The minimum atomic E-state index is -0.887. The van der Waals surface area contributed by atoms with Crippen LogP contribution in [0.5, 0.6) is 0 Å². The van der Waals surface area contributed by atoms with Gasteiger partial charge in [0.2, 0.25) is 0 Å². The topological polar surface area (TPSA) is 99.0 Å². The smallest absolute Gasteiger partial charge is 0.415 e. The molecule has 11 heteroatoms. The Morgan fingerprint density at radius 2 is 1.69 bits per heavy atom. The first-order valence-electron chi connectivity index (χ1n) is 11.1. The monoisotopic (exact) mass is 518 g/mol. The van der Waals surface area contributed by atoms with Gasteiger partial charge in [0.25, 0.3) is 5.69 Å². The van der Waals surface area contributed by atoms with Crippen LogP contribution in [0, 0.1) is 28.7 Å². The lowest BCUT2D eigenvalue weighted by Gasteiger charge is -2.22. The summed E-state index contributed by atoms with van der Waals surface area (Å²) in [5.74, 6) is -2.44. The maximum Gasteiger partial charge on any atom is 0.415 e. The van der Waals surface area contributed by atoms with E-state index in [0.29, 0.717) is 22.4 Å². The van der Waals surface area contributed by atoms with E-state index in [1.165, 1.54) is 30.3 Å². The van der Waals surface area contributed by atoms with Crippen LogP contribution < -0.4 is 4.90 Å². The van der Waals surface area contributed by atoms with Crippen molar-refractivity contribution in [2.75, 3.05) is 18.1 Å². The van der Waals surface area contributed by atoms with Crippen LogP contribution in [0.2, 0.25) is 0 Å². The zero-order valence-corrected chi connectivity index (χ0v) is 20.7. The van der Waals surface area contributed by atoms with Crippen LogP contribution in [0.3, 0.4) is 0 Å². The summed E-state index contributed by atoms with van der Waals surface area (Å²) in [6.45, 7) is 4.64. The highest BCUT2D eigenvalue weighted by Gasteiger charge is 2.31. The Hall–Kier alpha value is -3.86. The minimum absolute atomic E-state index is 0.0420. The summed E-state index contributed by atoms with van der Waals surface area (Å²) in [5.41, 5.74) is 0.561. The standard InChI is InChI=1S/C25H24F2N2O6S/c1-4-13-35-25(31)28(14-18-19(26)7-6-8-20(18)27)23-21(24(30)34-5-2)15(3)22(36-23)16-9-11-17(12-10-16)29(32)33/h6-12H,4-5,13-14H2,1-3H3. The Morgan fingerprint density at radius 3 is 2.25 bits per heavy atom. The highest BCUT2D eigenvalue weighted by atomic mass is 32.1. The first-order valence-corrected chi connectivity index (χ1v) is 11.9. The summed E-state index contributed by atoms with van der Waals surface area (Å²) in [5, 5.41) is 11.1. The molecule has 2 aromatic carbocycles. The third kappa shape index (κ3) is 5.68. The van der Waals surface area contributed by atoms with Crippen LogP contribution in [-0.4, -0.2) is 30.2 Å². The molecule has 0 saturated heterocycles. The summed E-state index contributed by atoms with van der Waals surface area (Å²) in [4.78, 5) is 38.1. The molecule has 0 N–H and O–H groups in total. The number of amides is 1. The van der Waals surface area contributed by atoms with E-state index in [2.05, 4.69) is 0 Å². The van der Waals surface area contributed by atoms with Crippen molar-refractivity contribution >= 4 is 34.1 Å². The lowest BCUT2D eigenvalue weighted by atomic mass is 10.1. The maximum absolute atomic E-state index is 14.5. The van der Waals surface area contributed by atoms with E-state index < -0.39 is 35.2 Å². The molecule has 190 valence electrons. The number of esters is 1. The SMILES string of the molecule is CCCOC(=O)N(Cc1c(F)cccc1F)c1sc(-c2ccc([N+](=O)[O-])cc2)c(C)c1C(=O)OCC. The van der Waals surface area contributed by atoms with Crippen molar-refractivity contribution in [3.8, 4) is 10.4 Å². The van der Waals surface area contributed by atoms with E-state index in [4.69, 9.17) is 9.47 Å². The van der Waals surface area contributed by atoms with Gasteiger partial charge in [0.15, 0.2) is 0 Å². The molecule has 0 aliphatic carbocycles. The van der Waals surface area contributed by atoms with Crippen LogP contribution in [0.15, 0.2) is 42.5 Å². The van der Waals surface area contributed by atoms with Crippen molar-refractivity contribution in [2.45, 2.75) is 33.7 Å². The van der Waals surface area contributed by atoms with E-state index in [9.17, 15) is 28.5 Å². The molecule has 0 saturated carbocycles. The maximum atomic E-state index is 14.5. The van der Waals surface area contributed by atoms with Gasteiger partial charge in [-0.2, -0.15) is 0 Å². The number of carbonyl (C=O) groups excluding carboxylic acids is 2. The quantitative estimate of drug-likeness (QED) is 0.179. The average Bonchev–Trinajstić information content (AvgIpc) is 3.19. The number of carbonyl (C=O) groups is 2. The van der Waals surface area contributed by atoms with Crippen molar-refractivity contribution < 1.29 is 32.8 Å². The third-order valence-electron chi connectivity index (χ3n) is 5.22. The number of anilines is 1. The number of non-ortho nitro benzene ring substituents is 1. The number of ether oxygens (including phenoxy) is 2. The Kier molecular flexibility index (Phi) is 8.70. The van der Waals surface area contributed by atoms with Crippen LogP contribution in [0.4, 0.5) is 24.3 Å². The average molecular weight is 519 g/mol. The molecule has 0 fully saturated rings. The number of benzene rings is 2. The van der Waals surface area contributed by atoms with Crippen molar-refractivity contribution in [3.05, 3.63) is 80.9 Å². The highest BCUT2D eigenvalue weighted by molar-refractivity contribution is 7.20. The van der Waals surface area contributed by atoms with Crippen LogP contribution >= 0.6 is 11.3 Å². The normalized spacial score (nSPS) is 10.7. The second-order valence-corrected chi connectivity index (χ2v) is 8.66. The summed E-state index contributed by atoms with van der Waals surface area (Å²) in [7, 11) is 0. The largest absolute Gasteiger partial charge is 0.462 e. The van der Waals surface area contributed by atoms with Crippen LogP contribution in [0.25, 0.3) is 10.4 Å². The lowest BCUT2D eigenvalue weighted by Crippen LogP contribution is -2.32. The fourth-order valence-corrected chi connectivity index (χ4v) is 4.76. The van der Waals surface area contributed by atoms with Crippen molar-refractivity contribution in [3.63, 3.8) is 0 Å². The molecular formula is C25H24F2N2O6S. The summed E-state index contributed by atoms with van der Waals surface area (Å²) >= 11 is 1.02. The molecular weight excluding hydrogens is 494 g/mol. The predicted molar refractivity (Wildman–Crippen MR) is 131 cm³/mol. The van der Waals surface area contributed by atoms with Gasteiger partial charge >= 0.3 is 12.1 Å². The van der Waals surface area contributed by atoms with E-state index in [1.54, 1.807) is 20.8 Å². The van der Waals surface area contributed by atoms with Gasteiger partial charge in [0.05, 0.1) is 30.2 Å². The summed E-state index contributed by atoms with van der Waals surface area (Å²) in [6, 6.07) is 9.03. The molecule has 0 aliphatic rings. The van der Waals surface area contributed by atoms with Gasteiger partial charge in [-0.05, 0) is 55.7 Å². The van der Waals surface area contributed by atoms with Crippen molar-refractivity contribution in [2.24, 2.45) is 0 Å². The molecule has 1 amide bonds. The zero-order valence-electron chi connectivity index (χ0n) is 19.9. The molecule has 0 radical (unpaired) electrons. The number of nitro groups is 1. The zero-order chi connectivity index (χ0) is 26.4. The van der Waals surface area contributed by atoms with Gasteiger partial charge in [-0.1, -0.05) is 13.0 Å². The number of hydrogen-bond acceptors (Lipinski definition) is 7. The number of nitro benzene ring substituents is 1. The molecule has 1 aromatic heterocycles. The fourth-order valence-electron chi connectivity index (χ4n) is 3.47. The number of rotatable bonds is 9. The van der Waals surface area contributed by atoms with Gasteiger partial charge in [0, 0.05) is 22.6 Å². The molecule has 0 bridgehead atoms. The first kappa shape index (κ1) is 26.7. The van der Waals surface area contributed by atoms with Crippen LogP contribution in [-0.2, 0) is 16.0 Å². The Labute approximate surface area is 210 Å². The van der Waals surface area contributed by atoms with Crippen LogP contribution in [0.1, 0.15) is 41.8 Å². The number of nitrogens with zero attached hydrogens (tertiary/aromatic N) is 2. The summed E-state index contributed by atoms with van der Waals surface area (Å²) < 4.78 is 39.5. The number of thiophene rings is 1. The number of hydrogen-bond donors (Lipinski definition) is 0. The van der Waals surface area contributed by atoms with Gasteiger partial charge in [-0.25, -0.2) is 18.4 Å². The molecule has 1 heterocycles. The van der Waals surface area contributed by atoms with E-state index in [1.807, 2.05) is 0 Å². The molecule has 0 unspecified atom stereocenters. The van der Waals surface area contributed by atoms with E-state index in [0.717, 1.165) is 28.4 Å². The first-order chi connectivity index (χ1) is 17.2.